The van der Waals surface area contributed by atoms with E-state index in [0.29, 0.717) is 17.2 Å². The molecule has 0 amide bonds. The molecular formula is C11H13ClO4. The van der Waals surface area contributed by atoms with Crippen LogP contribution in [0.15, 0.2) is 12.1 Å². The van der Waals surface area contributed by atoms with Crippen molar-refractivity contribution in [2.45, 2.75) is 19.4 Å². The molecule has 0 aliphatic rings. The number of methoxy groups -OCH3 is 1. The molecule has 16 heavy (non-hydrogen) atoms. The van der Waals surface area contributed by atoms with Gasteiger partial charge < -0.3 is 14.9 Å². The van der Waals surface area contributed by atoms with E-state index >= 15 is 0 Å². The fourth-order valence-corrected chi connectivity index (χ4v) is 1.77. The third kappa shape index (κ3) is 2.46. The van der Waals surface area contributed by atoms with Gasteiger partial charge in [-0.1, -0.05) is 18.5 Å². The number of aliphatic hydroxyl groups excluding tert-OH is 1. The molecule has 0 fully saturated rings. The second-order valence-corrected chi connectivity index (χ2v) is 3.72. The van der Waals surface area contributed by atoms with E-state index in [1.165, 1.54) is 13.2 Å². The van der Waals surface area contributed by atoms with Gasteiger partial charge in [-0.3, -0.25) is 0 Å². The zero-order valence-corrected chi connectivity index (χ0v) is 9.78. The summed E-state index contributed by atoms with van der Waals surface area (Å²) in [5.41, 5.74) is 0.949. The summed E-state index contributed by atoms with van der Waals surface area (Å²) in [5.74, 6) is -0.954. The molecule has 0 bridgehead atoms. The zero-order valence-electron chi connectivity index (χ0n) is 9.03. The van der Waals surface area contributed by atoms with Crippen LogP contribution in [0.1, 0.15) is 24.2 Å². The van der Waals surface area contributed by atoms with Crippen molar-refractivity contribution in [2.24, 2.45) is 0 Å². The Bertz CT molecular complexity index is 403. The number of aryl methyl sites for hydroxylation is 1. The van der Waals surface area contributed by atoms with Gasteiger partial charge in [-0.05, 0) is 24.1 Å². The fraction of sp³-hybridized carbons (Fsp3) is 0.364. The maximum atomic E-state index is 10.7. The van der Waals surface area contributed by atoms with Gasteiger partial charge in [-0.15, -0.1) is 0 Å². The predicted molar refractivity (Wildman–Crippen MR) is 60.0 cm³/mol. The number of hydrogen-bond acceptors (Lipinski definition) is 3. The number of carboxylic acids is 1. The van der Waals surface area contributed by atoms with Crippen LogP contribution in [0.4, 0.5) is 0 Å². The number of hydrogen-bond donors (Lipinski definition) is 2. The Morgan fingerprint density at radius 2 is 2.19 bits per heavy atom. The maximum absolute atomic E-state index is 10.7. The first-order valence-corrected chi connectivity index (χ1v) is 5.16. The molecule has 1 atom stereocenters. The number of benzene rings is 1. The highest BCUT2D eigenvalue weighted by molar-refractivity contribution is 6.30. The smallest absolute Gasteiger partial charge is 0.337 e. The van der Waals surface area contributed by atoms with Crippen LogP contribution < -0.4 is 4.74 Å². The van der Waals surface area contributed by atoms with Crippen molar-refractivity contribution in [1.29, 1.82) is 0 Å². The normalized spacial score (nSPS) is 12.2. The number of halogens is 1. The van der Waals surface area contributed by atoms with Gasteiger partial charge in [0.15, 0.2) is 6.10 Å². The summed E-state index contributed by atoms with van der Waals surface area (Å²) in [5, 5.41) is 18.7. The molecule has 0 heterocycles. The lowest BCUT2D eigenvalue weighted by atomic mass is 10.0. The molecule has 5 heteroatoms. The number of aliphatic hydroxyl groups is 1. The molecule has 0 spiro atoms. The van der Waals surface area contributed by atoms with E-state index in [1.807, 2.05) is 6.92 Å². The van der Waals surface area contributed by atoms with E-state index < -0.39 is 12.1 Å². The van der Waals surface area contributed by atoms with Crippen molar-refractivity contribution in [3.05, 3.63) is 28.3 Å². The molecular weight excluding hydrogens is 232 g/mol. The van der Waals surface area contributed by atoms with Crippen LogP contribution in [0.2, 0.25) is 5.02 Å². The van der Waals surface area contributed by atoms with Crippen molar-refractivity contribution < 1.29 is 19.7 Å². The average molecular weight is 245 g/mol. The SMILES string of the molecule is CCc1cc(Cl)cc(C(O)C(=O)O)c1OC. The van der Waals surface area contributed by atoms with E-state index in [4.69, 9.17) is 21.4 Å². The summed E-state index contributed by atoms with van der Waals surface area (Å²) in [6, 6.07) is 3.09. The summed E-state index contributed by atoms with van der Waals surface area (Å²) in [6.07, 6.45) is -0.984. The minimum atomic E-state index is -1.63. The van der Waals surface area contributed by atoms with Gasteiger partial charge in [0.05, 0.1) is 7.11 Å². The minimum absolute atomic E-state index is 0.180. The molecule has 0 aliphatic carbocycles. The summed E-state index contributed by atoms with van der Waals surface area (Å²) in [6.45, 7) is 1.89. The molecule has 4 nitrogen and oxygen atoms in total. The first-order valence-electron chi connectivity index (χ1n) is 4.78. The van der Waals surface area contributed by atoms with Gasteiger partial charge >= 0.3 is 5.97 Å². The van der Waals surface area contributed by atoms with Crippen LogP contribution in [-0.2, 0) is 11.2 Å². The summed E-state index contributed by atoms with van der Waals surface area (Å²) in [7, 11) is 1.43. The Morgan fingerprint density at radius 3 is 2.62 bits per heavy atom. The second kappa shape index (κ2) is 5.18. The van der Waals surface area contributed by atoms with Gasteiger partial charge in [0.25, 0.3) is 0 Å². The van der Waals surface area contributed by atoms with Crippen molar-refractivity contribution in [1.82, 2.24) is 0 Å². The molecule has 0 aliphatic heterocycles. The molecule has 2 N–H and O–H groups in total. The standard InChI is InChI=1S/C11H13ClO4/c1-3-6-4-7(12)5-8(10(6)16-2)9(13)11(14)15/h4-5,9,13H,3H2,1-2H3,(H,14,15). The topological polar surface area (TPSA) is 66.8 Å². The molecule has 0 saturated carbocycles. The van der Waals surface area contributed by atoms with E-state index in [9.17, 15) is 9.90 Å². The third-order valence-electron chi connectivity index (χ3n) is 2.27. The van der Waals surface area contributed by atoms with Crippen molar-refractivity contribution >= 4 is 17.6 Å². The molecule has 88 valence electrons. The summed E-state index contributed by atoms with van der Waals surface area (Å²) >= 11 is 5.85. The van der Waals surface area contributed by atoms with Crippen LogP contribution >= 0.6 is 11.6 Å². The Hall–Kier alpha value is -1.26. The first-order chi connectivity index (χ1) is 7.51. The highest BCUT2D eigenvalue weighted by Crippen LogP contribution is 2.33. The van der Waals surface area contributed by atoms with Gasteiger partial charge in [0.2, 0.25) is 0 Å². The van der Waals surface area contributed by atoms with E-state index in [1.54, 1.807) is 6.07 Å². The van der Waals surface area contributed by atoms with E-state index in [2.05, 4.69) is 0 Å². The van der Waals surface area contributed by atoms with Crippen molar-refractivity contribution in [3.63, 3.8) is 0 Å². The predicted octanol–water partition coefficient (Wildman–Crippen LogP) is 2.03. The maximum Gasteiger partial charge on any atom is 0.337 e. The molecule has 0 saturated heterocycles. The summed E-state index contributed by atoms with van der Waals surface area (Å²) in [4.78, 5) is 10.7. The second-order valence-electron chi connectivity index (χ2n) is 3.28. The van der Waals surface area contributed by atoms with Gasteiger partial charge in [0.1, 0.15) is 5.75 Å². The lowest BCUT2D eigenvalue weighted by Gasteiger charge is -2.15. The van der Waals surface area contributed by atoms with Crippen LogP contribution in [-0.4, -0.2) is 23.3 Å². The minimum Gasteiger partial charge on any atom is -0.496 e. The molecule has 1 aromatic rings. The highest BCUT2D eigenvalue weighted by atomic mass is 35.5. The Kier molecular flexibility index (Phi) is 4.15. The highest BCUT2D eigenvalue weighted by Gasteiger charge is 2.22. The molecule has 0 radical (unpaired) electrons. The number of rotatable bonds is 4. The van der Waals surface area contributed by atoms with Gasteiger partial charge in [-0.25, -0.2) is 4.79 Å². The Balaban J connectivity index is 3.35. The van der Waals surface area contributed by atoms with Crippen LogP contribution in [0, 0.1) is 0 Å². The van der Waals surface area contributed by atoms with E-state index in [0.717, 1.165) is 5.56 Å². The van der Waals surface area contributed by atoms with Crippen molar-refractivity contribution in [3.8, 4) is 5.75 Å². The van der Waals surface area contributed by atoms with Crippen LogP contribution in [0.5, 0.6) is 5.75 Å². The fourth-order valence-electron chi connectivity index (χ4n) is 1.52. The lowest BCUT2D eigenvalue weighted by Crippen LogP contribution is -2.12. The first kappa shape index (κ1) is 12.8. The van der Waals surface area contributed by atoms with Crippen LogP contribution in [0.25, 0.3) is 0 Å². The zero-order chi connectivity index (χ0) is 12.3. The summed E-state index contributed by atoms with van der Waals surface area (Å²) < 4.78 is 5.11. The molecule has 1 unspecified atom stereocenters. The largest absolute Gasteiger partial charge is 0.496 e. The number of aliphatic carboxylic acids is 1. The number of ether oxygens (including phenoxy) is 1. The molecule has 1 aromatic carbocycles. The lowest BCUT2D eigenvalue weighted by molar-refractivity contribution is -0.147. The number of carboxylic acid groups (broad SMARTS) is 1. The Morgan fingerprint density at radius 1 is 1.56 bits per heavy atom. The number of carbonyl (C=O) groups is 1. The van der Waals surface area contributed by atoms with Gasteiger partial charge in [-0.2, -0.15) is 0 Å². The molecule has 0 aromatic heterocycles. The average Bonchev–Trinajstić information content (AvgIpc) is 2.26. The van der Waals surface area contributed by atoms with Crippen molar-refractivity contribution in [2.75, 3.05) is 7.11 Å². The quantitative estimate of drug-likeness (QED) is 0.851. The Labute approximate surface area is 98.4 Å². The van der Waals surface area contributed by atoms with Crippen LogP contribution in [0.3, 0.4) is 0 Å². The monoisotopic (exact) mass is 244 g/mol. The van der Waals surface area contributed by atoms with Gasteiger partial charge in [0, 0.05) is 10.6 Å². The molecule has 1 rings (SSSR count). The third-order valence-corrected chi connectivity index (χ3v) is 2.49. The van der Waals surface area contributed by atoms with E-state index in [-0.39, 0.29) is 5.56 Å².